The Morgan fingerprint density at radius 2 is 1.69 bits per heavy atom. The van der Waals surface area contributed by atoms with Crippen molar-refractivity contribution in [1.82, 2.24) is 0 Å². The normalized spacial score (nSPS) is 14.1. The Balaban J connectivity index is 1.49. The second-order valence-electron chi connectivity index (χ2n) is 6.66. The average molecular weight is 403 g/mol. The lowest BCUT2D eigenvalue weighted by atomic mass is 10.1. The number of ether oxygens (including phenoxy) is 2. The number of rotatable bonds is 7. The molecule has 0 fully saturated rings. The molecule has 0 aromatic heterocycles. The molecule has 0 saturated carbocycles. The molecule has 0 N–H and O–H groups in total. The quantitative estimate of drug-likeness (QED) is 0.452. The van der Waals surface area contributed by atoms with Crippen molar-refractivity contribution in [3.05, 3.63) is 94.4 Å². The highest BCUT2D eigenvalue weighted by Crippen LogP contribution is 2.41. The monoisotopic (exact) mass is 402 g/mol. The fraction of sp³-hybridized carbons (Fsp3) is 0.160. The predicted octanol–water partition coefficient (Wildman–Crippen LogP) is 6.04. The highest BCUT2D eigenvalue weighted by atomic mass is 32.2. The summed E-state index contributed by atoms with van der Waals surface area (Å²) in [6, 6.07) is 23.8. The maximum absolute atomic E-state index is 12.6. The van der Waals surface area contributed by atoms with E-state index < -0.39 is 0 Å². The largest absolute Gasteiger partial charge is 0.490 e. The Hall–Kier alpha value is -2.98. The first-order chi connectivity index (χ1) is 14.2. The lowest BCUT2D eigenvalue weighted by Crippen LogP contribution is -2.03. The van der Waals surface area contributed by atoms with Crippen LogP contribution in [0, 0.1) is 0 Å². The molecule has 3 aromatic rings. The average Bonchev–Trinajstić information content (AvgIpc) is 3.06. The summed E-state index contributed by atoms with van der Waals surface area (Å²) in [6.45, 7) is 3.08. The van der Waals surface area contributed by atoms with E-state index in [-0.39, 0.29) is 5.78 Å². The van der Waals surface area contributed by atoms with Crippen LogP contribution in [0.15, 0.2) is 82.6 Å². The van der Waals surface area contributed by atoms with E-state index >= 15 is 0 Å². The molecule has 1 aliphatic rings. The van der Waals surface area contributed by atoms with E-state index in [4.69, 9.17) is 9.47 Å². The van der Waals surface area contributed by atoms with Crippen LogP contribution in [0.5, 0.6) is 11.5 Å². The highest BCUT2D eigenvalue weighted by molar-refractivity contribution is 8.04. The second-order valence-corrected chi connectivity index (χ2v) is 7.74. The van der Waals surface area contributed by atoms with Crippen LogP contribution < -0.4 is 9.47 Å². The first-order valence-corrected chi connectivity index (χ1v) is 10.5. The molecule has 1 heterocycles. The van der Waals surface area contributed by atoms with Crippen molar-refractivity contribution in [1.29, 1.82) is 0 Å². The number of benzene rings is 3. The zero-order valence-corrected chi connectivity index (χ0v) is 17.1. The van der Waals surface area contributed by atoms with Gasteiger partial charge in [-0.25, -0.2) is 0 Å². The van der Waals surface area contributed by atoms with E-state index in [1.165, 1.54) is 17.3 Å². The minimum atomic E-state index is 0.0757. The third-order valence-corrected chi connectivity index (χ3v) is 5.73. The van der Waals surface area contributed by atoms with Gasteiger partial charge in [-0.05, 0) is 48.4 Å². The Kier molecular flexibility index (Phi) is 6.01. The standard InChI is InChI=1S/C25H22O3S/c1-2-27-22-16-19(17-24-25(26)20-10-6-7-11-23(20)29-24)12-13-21(22)28-15-14-18-8-4-3-5-9-18/h3-13,16-17H,2,14-15H2,1H3/b24-17+. The highest BCUT2D eigenvalue weighted by Gasteiger charge is 2.25. The van der Waals surface area contributed by atoms with Crippen LogP contribution in [-0.4, -0.2) is 19.0 Å². The minimum absolute atomic E-state index is 0.0757. The van der Waals surface area contributed by atoms with Crippen molar-refractivity contribution in [2.45, 2.75) is 18.2 Å². The van der Waals surface area contributed by atoms with Crippen molar-refractivity contribution in [3.63, 3.8) is 0 Å². The van der Waals surface area contributed by atoms with Gasteiger partial charge >= 0.3 is 0 Å². The molecule has 146 valence electrons. The number of hydrogen-bond acceptors (Lipinski definition) is 4. The summed E-state index contributed by atoms with van der Waals surface area (Å²) in [5.41, 5.74) is 2.94. The number of carbonyl (C=O) groups is 1. The fourth-order valence-electron chi connectivity index (χ4n) is 3.21. The van der Waals surface area contributed by atoms with Crippen molar-refractivity contribution >= 4 is 23.6 Å². The summed E-state index contributed by atoms with van der Waals surface area (Å²) in [7, 11) is 0. The van der Waals surface area contributed by atoms with E-state index in [2.05, 4.69) is 12.1 Å². The maximum Gasteiger partial charge on any atom is 0.200 e. The Labute approximate surface area is 175 Å². The third kappa shape index (κ3) is 4.54. The molecule has 29 heavy (non-hydrogen) atoms. The van der Waals surface area contributed by atoms with Gasteiger partial charge < -0.3 is 9.47 Å². The maximum atomic E-state index is 12.6. The number of fused-ring (bicyclic) bond motifs is 1. The van der Waals surface area contributed by atoms with Gasteiger partial charge in [-0.1, -0.05) is 60.3 Å². The van der Waals surface area contributed by atoms with Gasteiger partial charge in [0, 0.05) is 16.9 Å². The molecule has 0 saturated heterocycles. The topological polar surface area (TPSA) is 35.5 Å². The van der Waals surface area contributed by atoms with Crippen LogP contribution in [0.25, 0.3) is 6.08 Å². The fourth-order valence-corrected chi connectivity index (χ4v) is 4.26. The molecule has 0 bridgehead atoms. The molecule has 4 rings (SSSR count). The van der Waals surface area contributed by atoms with E-state index in [9.17, 15) is 4.79 Å². The van der Waals surface area contributed by atoms with Crippen LogP contribution in [0.4, 0.5) is 0 Å². The van der Waals surface area contributed by atoms with Gasteiger partial charge in [0.2, 0.25) is 5.78 Å². The van der Waals surface area contributed by atoms with Crippen LogP contribution in [0.2, 0.25) is 0 Å². The summed E-state index contributed by atoms with van der Waals surface area (Å²) in [4.78, 5) is 14.3. The number of thioether (sulfide) groups is 1. The van der Waals surface area contributed by atoms with Crippen LogP contribution in [0.3, 0.4) is 0 Å². The molecule has 1 aliphatic heterocycles. The van der Waals surface area contributed by atoms with Crippen molar-refractivity contribution < 1.29 is 14.3 Å². The van der Waals surface area contributed by atoms with Crippen molar-refractivity contribution in [3.8, 4) is 11.5 Å². The number of hydrogen-bond donors (Lipinski definition) is 0. The lowest BCUT2D eigenvalue weighted by Gasteiger charge is -2.13. The van der Waals surface area contributed by atoms with Crippen LogP contribution in [-0.2, 0) is 6.42 Å². The molecule has 3 nitrogen and oxygen atoms in total. The molecule has 0 aliphatic carbocycles. The summed E-state index contributed by atoms with van der Waals surface area (Å²) in [6.07, 6.45) is 2.75. The van der Waals surface area contributed by atoms with Crippen molar-refractivity contribution in [2.24, 2.45) is 0 Å². The number of allylic oxidation sites excluding steroid dienone is 1. The molecule has 3 aromatic carbocycles. The molecule has 4 heteroatoms. The summed E-state index contributed by atoms with van der Waals surface area (Å²) >= 11 is 1.51. The molecule has 0 radical (unpaired) electrons. The summed E-state index contributed by atoms with van der Waals surface area (Å²) in [5, 5.41) is 0. The second kappa shape index (κ2) is 9.01. The number of carbonyl (C=O) groups excluding carboxylic acids is 1. The minimum Gasteiger partial charge on any atom is -0.490 e. The molecule has 0 unspecified atom stereocenters. The van der Waals surface area contributed by atoms with E-state index in [0.717, 1.165) is 33.1 Å². The summed E-state index contributed by atoms with van der Waals surface area (Å²) < 4.78 is 11.8. The smallest absolute Gasteiger partial charge is 0.200 e. The van der Waals surface area contributed by atoms with E-state index in [1.54, 1.807) is 0 Å². The molecular weight excluding hydrogens is 380 g/mol. The lowest BCUT2D eigenvalue weighted by molar-refractivity contribution is 0.104. The van der Waals surface area contributed by atoms with Crippen LogP contribution >= 0.6 is 11.8 Å². The third-order valence-electron chi connectivity index (χ3n) is 4.63. The van der Waals surface area contributed by atoms with Gasteiger partial charge in [-0.3, -0.25) is 4.79 Å². The van der Waals surface area contributed by atoms with Crippen molar-refractivity contribution in [2.75, 3.05) is 13.2 Å². The molecule has 0 amide bonds. The van der Waals surface area contributed by atoms with Gasteiger partial charge in [-0.15, -0.1) is 0 Å². The Morgan fingerprint density at radius 1 is 0.897 bits per heavy atom. The molecule has 0 atom stereocenters. The van der Waals surface area contributed by atoms with Crippen LogP contribution in [0.1, 0.15) is 28.4 Å². The number of ketones is 1. The summed E-state index contributed by atoms with van der Waals surface area (Å²) in [5.74, 6) is 1.49. The molecule has 0 spiro atoms. The Bertz CT molecular complexity index is 1040. The first kappa shape index (κ1) is 19.3. The van der Waals surface area contributed by atoms with Gasteiger partial charge in [0.15, 0.2) is 11.5 Å². The zero-order chi connectivity index (χ0) is 20.1. The SMILES string of the molecule is CCOc1cc(/C=C2/Sc3ccccc3C2=O)ccc1OCCc1ccccc1. The zero-order valence-electron chi connectivity index (χ0n) is 16.3. The van der Waals surface area contributed by atoms with E-state index in [0.29, 0.717) is 19.0 Å². The Morgan fingerprint density at radius 3 is 2.48 bits per heavy atom. The van der Waals surface area contributed by atoms with E-state index in [1.807, 2.05) is 73.7 Å². The van der Waals surface area contributed by atoms with Gasteiger partial charge in [0.05, 0.1) is 18.1 Å². The predicted molar refractivity (Wildman–Crippen MR) is 118 cm³/mol. The van der Waals surface area contributed by atoms with Gasteiger partial charge in [-0.2, -0.15) is 0 Å². The van der Waals surface area contributed by atoms with Gasteiger partial charge in [0.25, 0.3) is 0 Å². The number of Topliss-reactive ketones (excluding diaryl/α,β-unsaturated/α-hetero) is 1. The molecular formula is C25H22O3S. The van der Waals surface area contributed by atoms with Gasteiger partial charge in [0.1, 0.15) is 0 Å². The first-order valence-electron chi connectivity index (χ1n) is 9.71.